The van der Waals surface area contributed by atoms with Gasteiger partial charge in [-0.1, -0.05) is 47.6 Å². The lowest BCUT2D eigenvalue weighted by atomic mass is 10.1. The number of hydrogen-bond acceptors (Lipinski definition) is 4. The topological polar surface area (TPSA) is 52.8 Å². The monoisotopic (exact) mass is 390 g/mol. The fraction of sp³-hybridized carbons (Fsp3) is 0.250. The van der Waals surface area contributed by atoms with Gasteiger partial charge < -0.3 is 14.1 Å². The zero-order valence-electron chi connectivity index (χ0n) is 17.1. The van der Waals surface area contributed by atoms with E-state index in [2.05, 4.69) is 21.9 Å². The van der Waals surface area contributed by atoms with Gasteiger partial charge in [0.05, 0.1) is 13.3 Å². The summed E-state index contributed by atoms with van der Waals surface area (Å²) in [4.78, 5) is 17.8. The van der Waals surface area contributed by atoms with E-state index in [1.54, 1.807) is 13.3 Å². The second-order valence-electron chi connectivity index (χ2n) is 6.88. The molecule has 0 unspecified atom stereocenters. The van der Waals surface area contributed by atoms with Gasteiger partial charge in [-0.25, -0.2) is 0 Å². The second-order valence-corrected chi connectivity index (χ2v) is 6.88. The number of hydrogen-bond donors (Lipinski definition) is 0. The Morgan fingerprint density at radius 3 is 2.48 bits per heavy atom. The van der Waals surface area contributed by atoms with Crippen molar-refractivity contribution in [2.24, 2.45) is 5.16 Å². The van der Waals surface area contributed by atoms with Crippen LogP contribution in [0.2, 0.25) is 0 Å². The number of oxime groups is 1. The fourth-order valence-corrected chi connectivity index (χ4v) is 3.27. The molecule has 5 nitrogen and oxygen atoms in total. The molecule has 0 N–H and O–H groups in total. The number of nitrogens with zero attached hydrogens (tertiary/aromatic N) is 2. The molecule has 0 fully saturated rings. The smallest absolute Gasteiger partial charge is 0.204 e. The van der Waals surface area contributed by atoms with Gasteiger partial charge in [0.25, 0.3) is 0 Å². The van der Waals surface area contributed by atoms with Crippen LogP contribution < -0.4 is 4.74 Å². The summed E-state index contributed by atoms with van der Waals surface area (Å²) in [6.45, 7) is 4.73. The molecule has 3 aromatic rings. The van der Waals surface area contributed by atoms with Gasteiger partial charge in [-0.05, 0) is 49.6 Å². The number of carbonyl (C=O) groups excluding carboxylic acids is 1. The summed E-state index contributed by atoms with van der Waals surface area (Å²) in [5.74, 6) is 0.781. The molecule has 2 aromatic carbocycles. The van der Waals surface area contributed by atoms with Gasteiger partial charge in [0.1, 0.15) is 5.75 Å². The van der Waals surface area contributed by atoms with Crippen LogP contribution in [0.25, 0.3) is 0 Å². The third-order valence-corrected chi connectivity index (χ3v) is 4.93. The van der Waals surface area contributed by atoms with Gasteiger partial charge in [-0.2, -0.15) is 0 Å². The van der Waals surface area contributed by atoms with Crippen molar-refractivity contribution in [2.45, 2.75) is 26.8 Å². The highest BCUT2D eigenvalue weighted by Gasteiger charge is 2.16. The molecule has 0 radical (unpaired) electrons. The Hall–Kier alpha value is -3.34. The molecule has 0 bridgehead atoms. The Bertz CT molecular complexity index is 973. The molecule has 29 heavy (non-hydrogen) atoms. The van der Waals surface area contributed by atoms with Crippen LogP contribution in [0.5, 0.6) is 5.75 Å². The van der Waals surface area contributed by atoms with Crippen molar-refractivity contribution in [1.29, 1.82) is 0 Å². The quantitative estimate of drug-likeness (QED) is 0.305. The molecule has 0 atom stereocenters. The van der Waals surface area contributed by atoms with Crippen molar-refractivity contribution < 1.29 is 14.4 Å². The van der Waals surface area contributed by atoms with Crippen LogP contribution >= 0.6 is 0 Å². The summed E-state index contributed by atoms with van der Waals surface area (Å²) in [5, 5.41) is 3.89. The highest BCUT2D eigenvalue weighted by Crippen LogP contribution is 2.18. The molecular weight excluding hydrogens is 364 g/mol. The van der Waals surface area contributed by atoms with Crippen molar-refractivity contribution in [3.05, 3.63) is 88.7 Å². The first-order chi connectivity index (χ1) is 14.1. The van der Waals surface area contributed by atoms with Crippen molar-refractivity contribution in [3.63, 3.8) is 0 Å². The van der Waals surface area contributed by atoms with Crippen LogP contribution in [0.15, 0.2) is 65.8 Å². The number of ketones is 1. The number of carbonyl (C=O) groups is 1. The predicted molar refractivity (Wildman–Crippen MR) is 115 cm³/mol. The molecule has 0 aliphatic carbocycles. The Morgan fingerprint density at radius 2 is 1.79 bits per heavy atom. The summed E-state index contributed by atoms with van der Waals surface area (Å²) >= 11 is 0. The maximum absolute atomic E-state index is 12.6. The van der Waals surface area contributed by atoms with Gasteiger partial charge >= 0.3 is 0 Å². The standard InChI is InChI=1S/C24H26N2O3/c1-18-15-23(24(27)17-29-25-16-21-7-5-4-6-8-21)19(2)26(18)14-13-20-9-11-22(28-3)12-10-20/h4-12,15-16H,13-14,17H2,1-3H3/b25-16+. The van der Waals surface area contributed by atoms with Crippen LogP contribution in [0.1, 0.15) is 32.9 Å². The van der Waals surface area contributed by atoms with E-state index in [-0.39, 0.29) is 12.4 Å². The van der Waals surface area contributed by atoms with Gasteiger partial charge in [0.15, 0.2) is 6.61 Å². The van der Waals surface area contributed by atoms with E-state index in [9.17, 15) is 4.79 Å². The SMILES string of the molecule is COc1ccc(CCn2c(C)cc(C(=O)CO/N=C/c3ccccc3)c2C)cc1. The maximum atomic E-state index is 12.6. The Kier molecular flexibility index (Phi) is 6.85. The molecule has 0 saturated carbocycles. The molecule has 0 spiro atoms. The van der Waals surface area contributed by atoms with Crippen LogP contribution in [-0.2, 0) is 17.8 Å². The van der Waals surface area contributed by atoms with E-state index in [1.807, 2.05) is 62.4 Å². The minimum atomic E-state index is -0.0773. The van der Waals surface area contributed by atoms with E-state index in [0.29, 0.717) is 5.56 Å². The van der Waals surface area contributed by atoms with Crippen molar-refractivity contribution >= 4 is 12.0 Å². The zero-order valence-corrected chi connectivity index (χ0v) is 17.1. The first-order valence-corrected chi connectivity index (χ1v) is 9.61. The van der Waals surface area contributed by atoms with E-state index in [1.165, 1.54) is 5.56 Å². The molecule has 0 amide bonds. The van der Waals surface area contributed by atoms with Crippen molar-refractivity contribution in [2.75, 3.05) is 13.7 Å². The van der Waals surface area contributed by atoms with Gasteiger partial charge in [-0.3, -0.25) is 4.79 Å². The first kappa shape index (κ1) is 20.4. The van der Waals surface area contributed by atoms with Crippen molar-refractivity contribution in [3.8, 4) is 5.75 Å². The number of rotatable bonds is 9. The molecule has 0 aliphatic rings. The molecule has 5 heteroatoms. The number of ether oxygens (including phenoxy) is 1. The average molecular weight is 390 g/mol. The zero-order chi connectivity index (χ0) is 20.6. The first-order valence-electron chi connectivity index (χ1n) is 9.61. The summed E-state index contributed by atoms with van der Waals surface area (Å²) in [7, 11) is 1.66. The normalized spacial score (nSPS) is 11.0. The minimum Gasteiger partial charge on any atom is -0.497 e. The minimum absolute atomic E-state index is 0.0704. The second kappa shape index (κ2) is 9.73. The Balaban J connectivity index is 1.58. The molecule has 1 aromatic heterocycles. The lowest BCUT2D eigenvalue weighted by Crippen LogP contribution is -2.10. The maximum Gasteiger partial charge on any atom is 0.204 e. The third-order valence-electron chi connectivity index (χ3n) is 4.93. The van der Waals surface area contributed by atoms with Gasteiger partial charge in [0, 0.05) is 23.5 Å². The predicted octanol–water partition coefficient (Wildman–Crippen LogP) is 4.59. The molecule has 1 heterocycles. The summed E-state index contributed by atoms with van der Waals surface area (Å²) in [6.07, 6.45) is 2.48. The van der Waals surface area contributed by atoms with E-state index in [0.717, 1.165) is 35.7 Å². The summed E-state index contributed by atoms with van der Waals surface area (Å²) < 4.78 is 7.37. The number of aromatic nitrogens is 1. The van der Waals surface area contributed by atoms with Crippen molar-refractivity contribution in [1.82, 2.24) is 4.57 Å². The highest BCUT2D eigenvalue weighted by atomic mass is 16.6. The largest absolute Gasteiger partial charge is 0.497 e. The van der Waals surface area contributed by atoms with Crippen LogP contribution in [0, 0.1) is 13.8 Å². The van der Waals surface area contributed by atoms with Crippen LogP contribution in [-0.4, -0.2) is 30.3 Å². The Morgan fingerprint density at radius 1 is 1.07 bits per heavy atom. The van der Waals surface area contributed by atoms with Gasteiger partial charge in [0.2, 0.25) is 5.78 Å². The number of benzene rings is 2. The molecular formula is C24H26N2O3. The summed E-state index contributed by atoms with van der Waals surface area (Å²) in [5.41, 5.74) is 4.86. The third kappa shape index (κ3) is 5.35. The average Bonchev–Trinajstić information content (AvgIpc) is 3.04. The van der Waals surface area contributed by atoms with E-state index in [4.69, 9.17) is 9.57 Å². The molecule has 0 saturated heterocycles. The lowest BCUT2D eigenvalue weighted by Gasteiger charge is -2.10. The van der Waals surface area contributed by atoms with E-state index >= 15 is 0 Å². The Labute approximate surface area is 171 Å². The highest BCUT2D eigenvalue weighted by molar-refractivity contribution is 5.98. The summed E-state index contributed by atoms with van der Waals surface area (Å²) in [6, 6.07) is 19.6. The van der Waals surface area contributed by atoms with Crippen LogP contribution in [0.4, 0.5) is 0 Å². The molecule has 0 aliphatic heterocycles. The van der Waals surface area contributed by atoms with Gasteiger partial charge in [-0.15, -0.1) is 0 Å². The van der Waals surface area contributed by atoms with E-state index < -0.39 is 0 Å². The molecule has 150 valence electrons. The molecule has 3 rings (SSSR count). The number of aryl methyl sites for hydroxylation is 2. The van der Waals surface area contributed by atoms with Crippen LogP contribution in [0.3, 0.4) is 0 Å². The lowest BCUT2D eigenvalue weighted by molar-refractivity contribution is 0.0778. The number of Topliss-reactive ketones (excluding diaryl/α,β-unsaturated/α-hetero) is 1. The fourth-order valence-electron chi connectivity index (χ4n) is 3.27. The number of methoxy groups -OCH3 is 1.